The molecule has 6 heteroatoms. The van der Waals surface area contributed by atoms with Gasteiger partial charge in [0.05, 0.1) is 0 Å². The fraction of sp³-hybridized carbons (Fsp3) is 1.00. The molecule has 0 spiro atoms. The zero-order valence-corrected chi connectivity index (χ0v) is 11.9. The minimum Gasteiger partial charge on any atom is -0.772 e. The van der Waals surface area contributed by atoms with Gasteiger partial charge in [0.2, 0.25) is 0 Å². The van der Waals surface area contributed by atoms with Gasteiger partial charge in [-0.15, -0.1) is 0 Å². The summed E-state index contributed by atoms with van der Waals surface area (Å²) in [6, 6.07) is 0. The van der Waals surface area contributed by atoms with Crippen molar-refractivity contribution in [3.8, 4) is 0 Å². The van der Waals surface area contributed by atoms with Crippen LogP contribution in [0.4, 0.5) is 0 Å². The molecule has 98 valence electrons. The molecule has 0 saturated carbocycles. The Morgan fingerprint density at radius 3 is 2.06 bits per heavy atom. The third-order valence-electron chi connectivity index (χ3n) is 2.72. The van der Waals surface area contributed by atoms with E-state index in [9.17, 15) is 17.5 Å². The molecule has 0 heterocycles. The van der Waals surface area contributed by atoms with Crippen molar-refractivity contribution in [3.63, 3.8) is 0 Å². The highest BCUT2D eigenvalue weighted by Crippen LogP contribution is 2.27. The predicted molar refractivity (Wildman–Crippen MR) is 64.4 cm³/mol. The van der Waals surface area contributed by atoms with E-state index >= 15 is 0 Å². The van der Waals surface area contributed by atoms with Gasteiger partial charge < -0.3 is 9.11 Å². The van der Waals surface area contributed by atoms with Crippen molar-refractivity contribution in [3.05, 3.63) is 0 Å². The first kappa shape index (κ1) is 16.2. The van der Waals surface area contributed by atoms with Gasteiger partial charge in [0.15, 0.2) is 0 Å². The van der Waals surface area contributed by atoms with Gasteiger partial charge >= 0.3 is 0 Å². The Balaban J connectivity index is 4.58. The fourth-order valence-corrected chi connectivity index (χ4v) is 3.13. The van der Waals surface area contributed by atoms with Crippen LogP contribution in [0.1, 0.15) is 47.0 Å². The summed E-state index contributed by atoms with van der Waals surface area (Å²) in [5.74, 6) is -0.147. The first-order valence-electron chi connectivity index (χ1n) is 5.39. The highest BCUT2D eigenvalue weighted by atomic mass is 32.2. The molecule has 0 radical (unpaired) electrons. The Hall–Kier alpha value is 0.220. The van der Waals surface area contributed by atoms with E-state index in [1.54, 1.807) is 20.8 Å². The van der Waals surface area contributed by atoms with E-state index in [1.165, 1.54) is 0 Å². The minimum absolute atomic E-state index is 0.147. The Morgan fingerprint density at radius 1 is 1.25 bits per heavy atom. The maximum atomic E-state index is 11.0. The second-order valence-corrected chi connectivity index (χ2v) is 7.46. The van der Waals surface area contributed by atoms with E-state index in [-0.39, 0.29) is 5.92 Å². The van der Waals surface area contributed by atoms with Gasteiger partial charge in [0.1, 0.15) is 0 Å². The van der Waals surface area contributed by atoms with E-state index in [2.05, 4.69) is 0 Å². The van der Waals surface area contributed by atoms with E-state index in [1.807, 2.05) is 6.92 Å². The Morgan fingerprint density at radius 2 is 1.75 bits per heavy atom. The maximum absolute atomic E-state index is 11.0. The summed E-state index contributed by atoms with van der Waals surface area (Å²) in [5, 5.41) is -0.451. The standard InChI is InChI=1S/C10H22O4S2/c1-5-6-9(15(11)12)8(2)7-10(3,4)16(13)14/h8-9H,5-7H2,1-4H3,(H,11,12)(H,13,14)/p-2. The molecule has 0 amide bonds. The fourth-order valence-electron chi connectivity index (χ4n) is 1.83. The largest absolute Gasteiger partial charge is 0.772 e. The molecule has 0 aromatic carbocycles. The van der Waals surface area contributed by atoms with Gasteiger partial charge in [-0.1, -0.05) is 31.3 Å². The molecule has 0 aromatic rings. The van der Waals surface area contributed by atoms with Crippen molar-refractivity contribution in [2.45, 2.75) is 57.0 Å². The lowest BCUT2D eigenvalue weighted by Crippen LogP contribution is -2.34. The van der Waals surface area contributed by atoms with Gasteiger partial charge in [-0.25, -0.2) is 0 Å². The van der Waals surface area contributed by atoms with E-state index in [0.717, 1.165) is 6.42 Å². The molecule has 0 aliphatic heterocycles. The molecule has 0 bridgehead atoms. The van der Waals surface area contributed by atoms with E-state index < -0.39 is 32.2 Å². The molecule has 4 nitrogen and oxygen atoms in total. The van der Waals surface area contributed by atoms with Gasteiger partial charge in [-0.05, 0) is 43.7 Å². The molecular weight excluding hydrogens is 248 g/mol. The molecular formula is C10H20O4S2-2. The smallest absolute Gasteiger partial charge is 0.0274 e. The summed E-state index contributed by atoms with van der Waals surface area (Å²) < 4.78 is 43.1. The molecule has 0 aromatic heterocycles. The predicted octanol–water partition coefficient (Wildman–Crippen LogP) is 1.72. The molecule has 0 fully saturated rings. The lowest BCUT2D eigenvalue weighted by molar-refractivity contribution is 0.388. The molecule has 0 aliphatic carbocycles. The number of hydrogen-bond acceptors (Lipinski definition) is 4. The first-order valence-corrected chi connectivity index (χ1v) is 7.61. The molecule has 0 N–H and O–H groups in total. The van der Waals surface area contributed by atoms with Crippen LogP contribution in [0, 0.1) is 5.92 Å². The second kappa shape index (κ2) is 6.83. The van der Waals surface area contributed by atoms with Crippen molar-refractivity contribution < 1.29 is 17.5 Å². The molecule has 0 aliphatic rings. The van der Waals surface area contributed by atoms with E-state index in [4.69, 9.17) is 0 Å². The Labute approximate surface area is 103 Å². The van der Waals surface area contributed by atoms with Gasteiger partial charge in [0.25, 0.3) is 0 Å². The lowest BCUT2D eigenvalue weighted by Gasteiger charge is -2.34. The van der Waals surface area contributed by atoms with Crippen molar-refractivity contribution >= 4 is 22.2 Å². The van der Waals surface area contributed by atoms with Crippen LogP contribution in [0.3, 0.4) is 0 Å². The minimum atomic E-state index is -2.18. The van der Waals surface area contributed by atoms with Crippen LogP contribution < -0.4 is 0 Å². The van der Waals surface area contributed by atoms with Crippen LogP contribution in [0.25, 0.3) is 0 Å². The summed E-state index contributed by atoms with van der Waals surface area (Å²) >= 11 is -4.31. The molecule has 4 unspecified atom stereocenters. The van der Waals surface area contributed by atoms with Gasteiger partial charge in [0, 0.05) is 10.00 Å². The second-order valence-electron chi connectivity index (χ2n) is 4.76. The van der Waals surface area contributed by atoms with Crippen LogP contribution in [-0.2, 0) is 22.2 Å². The summed E-state index contributed by atoms with van der Waals surface area (Å²) in [7, 11) is 0. The van der Waals surface area contributed by atoms with Crippen LogP contribution in [0.2, 0.25) is 0 Å². The highest BCUT2D eigenvalue weighted by Gasteiger charge is 2.27. The average Bonchev–Trinajstić information content (AvgIpc) is 2.12. The van der Waals surface area contributed by atoms with Crippen molar-refractivity contribution in [2.24, 2.45) is 5.92 Å². The first-order chi connectivity index (χ1) is 7.22. The summed E-state index contributed by atoms with van der Waals surface area (Å²) in [6.45, 7) is 6.95. The summed E-state index contributed by atoms with van der Waals surface area (Å²) in [6.07, 6.45) is 1.73. The highest BCUT2D eigenvalue weighted by molar-refractivity contribution is 7.80. The quantitative estimate of drug-likeness (QED) is 0.658. The zero-order chi connectivity index (χ0) is 12.9. The molecule has 0 rings (SSSR count). The van der Waals surface area contributed by atoms with E-state index in [0.29, 0.717) is 12.8 Å². The Bertz CT molecular complexity index is 266. The Kier molecular flexibility index (Phi) is 6.93. The SMILES string of the molecule is CCCC(C(C)CC(C)(C)S(=O)[O-])S(=O)[O-]. The van der Waals surface area contributed by atoms with Crippen molar-refractivity contribution in [2.75, 3.05) is 0 Å². The van der Waals surface area contributed by atoms with Crippen LogP contribution in [-0.4, -0.2) is 27.5 Å². The monoisotopic (exact) mass is 268 g/mol. The lowest BCUT2D eigenvalue weighted by atomic mass is 9.93. The maximum Gasteiger partial charge on any atom is 0.0274 e. The number of hydrogen-bond donors (Lipinski definition) is 0. The molecule has 4 atom stereocenters. The zero-order valence-electron chi connectivity index (χ0n) is 10.2. The third-order valence-corrected chi connectivity index (χ3v) is 4.98. The van der Waals surface area contributed by atoms with Crippen LogP contribution in [0.5, 0.6) is 0 Å². The van der Waals surface area contributed by atoms with Crippen molar-refractivity contribution in [1.29, 1.82) is 0 Å². The van der Waals surface area contributed by atoms with Gasteiger partial charge in [-0.3, -0.25) is 8.42 Å². The summed E-state index contributed by atoms with van der Waals surface area (Å²) in [4.78, 5) is 0. The molecule has 0 saturated heterocycles. The van der Waals surface area contributed by atoms with Crippen LogP contribution in [0.15, 0.2) is 0 Å². The van der Waals surface area contributed by atoms with Gasteiger partial charge in [-0.2, -0.15) is 0 Å². The number of rotatable bonds is 7. The molecule has 16 heavy (non-hydrogen) atoms. The normalized spacial score (nSPS) is 20.1. The van der Waals surface area contributed by atoms with Crippen LogP contribution >= 0.6 is 0 Å². The average molecular weight is 268 g/mol. The van der Waals surface area contributed by atoms with Crippen molar-refractivity contribution in [1.82, 2.24) is 0 Å². The summed E-state index contributed by atoms with van der Waals surface area (Å²) in [5.41, 5.74) is 0. The third kappa shape index (κ3) is 5.03. The topological polar surface area (TPSA) is 80.3 Å².